The number of rotatable bonds is 5. The van der Waals surface area contributed by atoms with E-state index in [0.717, 1.165) is 11.1 Å². The summed E-state index contributed by atoms with van der Waals surface area (Å²) in [5, 5.41) is 0. The standard InChI is InChI=1S/C18H18O5/c1-11-7-15(22-17(11)19)10-21-9-13-3-5-14(6-4-13)16-8-12(2)18(20)23-16/h3-6,15-16H,1-2,7-10H2. The minimum Gasteiger partial charge on any atom is -0.456 e. The Morgan fingerprint density at radius 1 is 1.00 bits per heavy atom. The molecule has 0 bridgehead atoms. The van der Waals surface area contributed by atoms with Crippen molar-refractivity contribution in [2.75, 3.05) is 6.61 Å². The molecule has 2 unspecified atom stereocenters. The van der Waals surface area contributed by atoms with Crippen molar-refractivity contribution in [3.63, 3.8) is 0 Å². The number of hydrogen-bond donors (Lipinski definition) is 0. The van der Waals surface area contributed by atoms with E-state index in [1.807, 2.05) is 24.3 Å². The molecule has 23 heavy (non-hydrogen) atoms. The van der Waals surface area contributed by atoms with E-state index in [9.17, 15) is 9.59 Å². The number of cyclic esters (lactones) is 2. The van der Waals surface area contributed by atoms with E-state index in [1.54, 1.807) is 0 Å². The van der Waals surface area contributed by atoms with E-state index in [0.29, 0.717) is 37.2 Å². The monoisotopic (exact) mass is 314 g/mol. The summed E-state index contributed by atoms with van der Waals surface area (Å²) in [6.45, 7) is 8.10. The van der Waals surface area contributed by atoms with Crippen molar-refractivity contribution < 1.29 is 23.8 Å². The summed E-state index contributed by atoms with van der Waals surface area (Å²) in [5.74, 6) is -0.661. The summed E-state index contributed by atoms with van der Waals surface area (Å²) < 4.78 is 15.9. The van der Waals surface area contributed by atoms with Crippen molar-refractivity contribution in [3.8, 4) is 0 Å². The highest BCUT2D eigenvalue weighted by atomic mass is 16.6. The van der Waals surface area contributed by atoms with Crippen molar-refractivity contribution in [2.24, 2.45) is 0 Å². The van der Waals surface area contributed by atoms with Crippen molar-refractivity contribution in [1.82, 2.24) is 0 Å². The molecule has 0 aliphatic carbocycles. The highest BCUT2D eigenvalue weighted by Gasteiger charge is 2.29. The Bertz CT molecular complexity index is 626. The molecular weight excluding hydrogens is 296 g/mol. The maximum absolute atomic E-state index is 11.4. The molecule has 2 aliphatic rings. The summed E-state index contributed by atoms with van der Waals surface area (Å²) >= 11 is 0. The fraction of sp³-hybridized carbons (Fsp3) is 0.333. The number of ether oxygens (including phenoxy) is 3. The SMILES string of the molecule is C=C1CC(COCc2ccc(C3CC(=C)C(=O)O3)cc2)OC1=O. The predicted octanol–water partition coefficient (Wildman–Crippen LogP) is 2.62. The Hall–Kier alpha value is -2.40. The fourth-order valence-electron chi connectivity index (χ4n) is 2.61. The molecule has 2 atom stereocenters. The Morgan fingerprint density at radius 3 is 2.22 bits per heavy atom. The van der Waals surface area contributed by atoms with Gasteiger partial charge in [0, 0.05) is 24.0 Å². The van der Waals surface area contributed by atoms with E-state index in [4.69, 9.17) is 14.2 Å². The van der Waals surface area contributed by atoms with Gasteiger partial charge in [-0.1, -0.05) is 37.4 Å². The molecule has 0 saturated carbocycles. The maximum Gasteiger partial charge on any atom is 0.334 e. The smallest absolute Gasteiger partial charge is 0.334 e. The average Bonchev–Trinajstić information content (AvgIpc) is 3.03. The molecule has 0 aromatic heterocycles. The lowest BCUT2D eigenvalue weighted by molar-refractivity contribution is -0.141. The third kappa shape index (κ3) is 3.51. The molecule has 1 aromatic carbocycles. The first-order valence-electron chi connectivity index (χ1n) is 7.47. The first-order chi connectivity index (χ1) is 11.0. The van der Waals surface area contributed by atoms with Gasteiger partial charge in [0.2, 0.25) is 0 Å². The van der Waals surface area contributed by atoms with Crippen molar-refractivity contribution in [2.45, 2.75) is 31.7 Å². The summed E-state index contributed by atoms with van der Waals surface area (Å²) in [6, 6.07) is 7.72. The van der Waals surface area contributed by atoms with Crippen LogP contribution in [0.3, 0.4) is 0 Å². The maximum atomic E-state index is 11.4. The van der Waals surface area contributed by atoms with E-state index >= 15 is 0 Å². The zero-order valence-corrected chi connectivity index (χ0v) is 12.7. The van der Waals surface area contributed by atoms with Crippen LogP contribution in [0.1, 0.15) is 30.1 Å². The molecule has 0 spiro atoms. The Labute approximate surface area is 134 Å². The molecule has 2 heterocycles. The molecule has 2 aliphatic heterocycles. The van der Waals surface area contributed by atoms with E-state index < -0.39 is 0 Å². The van der Waals surface area contributed by atoms with Crippen LogP contribution in [0.5, 0.6) is 0 Å². The van der Waals surface area contributed by atoms with Crippen LogP contribution in [0.25, 0.3) is 0 Å². The minimum absolute atomic E-state index is 0.238. The van der Waals surface area contributed by atoms with Crippen LogP contribution in [0.2, 0.25) is 0 Å². The summed E-state index contributed by atoms with van der Waals surface area (Å²) in [5.41, 5.74) is 2.95. The van der Waals surface area contributed by atoms with Crippen molar-refractivity contribution in [1.29, 1.82) is 0 Å². The Balaban J connectivity index is 1.48. The third-order valence-corrected chi connectivity index (χ3v) is 3.93. The lowest BCUT2D eigenvalue weighted by atomic mass is 10.0. The van der Waals surface area contributed by atoms with Crippen LogP contribution in [0, 0.1) is 0 Å². The number of hydrogen-bond acceptors (Lipinski definition) is 5. The van der Waals surface area contributed by atoms with Gasteiger partial charge < -0.3 is 14.2 Å². The molecule has 0 radical (unpaired) electrons. The van der Waals surface area contributed by atoms with Crippen LogP contribution in [-0.2, 0) is 30.4 Å². The summed E-state index contributed by atoms with van der Waals surface area (Å²) in [4.78, 5) is 22.6. The number of benzene rings is 1. The van der Waals surface area contributed by atoms with Crippen molar-refractivity contribution in [3.05, 3.63) is 59.7 Å². The zero-order chi connectivity index (χ0) is 16.4. The molecule has 2 fully saturated rings. The highest BCUT2D eigenvalue weighted by Crippen LogP contribution is 2.32. The van der Waals surface area contributed by atoms with Gasteiger partial charge in [-0.15, -0.1) is 0 Å². The molecular formula is C18H18O5. The van der Waals surface area contributed by atoms with Gasteiger partial charge in [0.25, 0.3) is 0 Å². The zero-order valence-electron chi connectivity index (χ0n) is 12.7. The second-order valence-corrected chi connectivity index (χ2v) is 5.79. The van der Waals surface area contributed by atoms with Gasteiger partial charge in [-0.05, 0) is 11.1 Å². The van der Waals surface area contributed by atoms with Gasteiger partial charge in [-0.3, -0.25) is 0 Å². The van der Waals surface area contributed by atoms with E-state index in [2.05, 4.69) is 13.2 Å². The van der Waals surface area contributed by atoms with Crippen LogP contribution >= 0.6 is 0 Å². The molecule has 5 nitrogen and oxygen atoms in total. The van der Waals surface area contributed by atoms with E-state index in [-0.39, 0.29) is 24.1 Å². The van der Waals surface area contributed by atoms with Gasteiger partial charge in [0.05, 0.1) is 13.2 Å². The predicted molar refractivity (Wildman–Crippen MR) is 82.3 cm³/mol. The fourth-order valence-corrected chi connectivity index (χ4v) is 2.61. The first kappa shape index (κ1) is 15.5. The van der Waals surface area contributed by atoms with Crippen LogP contribution in [0.4, 0.5) is 0 Å². The highest BCUT2D eigenvalue weighted by molar-refractivity contribution is 5.90. The molecule has 5 heteroatoms. The normalized spacial score (nSPS) is 24.0. The quantitative estimate of drug-likeness (QED) is 0.617. The number of esters is 2. The van der Waals surface area contributed by atoms with Gasteiger partial charge in [0.15, 0.2) is 0 Å². The molecule has 0 amide bonds. The first-order valence-corrected chi connectivity index (χ1v) is 7.47. The second kappa shape index (κ2) is 6.38. The second-order valence-electron chi connectivity index (χ2n) is 5.79. The van der Waals surface area contributed by atoms with Gasteiger partial charge in [0.1, 0.15) is 12.2 Å². The van der Waals surface area contributed by atoms with Gasteiger partial charge in [-0.2, -0.15) is 0 Å². The summed E-state index contributed by atoms with van der Waals surface area (Å²) in [6.07, 6.45) is 0.576. The molecule has 3 rings (SSSR count). The topological polar surface area (TPSA) is 61.8 Å². The number of carbonyl (C=O) groups is 2. The van der Waals surface area contributed by atoms with Gasteiger partial charge >= 0.3 is 11.9 Å². The Kier molecular flexibility index (Phi) is 4.30. The van der Waals surface area contributed by atoms with Crippen molar-refractivity contribution >= 4 is 11.9 Å². The van der Waals surface area contributed by atoms with Crippen LogP contribution in [-0.4, -0.2) is 24.6 Å². The van der Waals surface area contributed by atoms with Crippen LogP contribution < -0.4 is 0 Å². The molecule has 1 aromatic rings. The number of carbonyl (C=O) groups excluding carboxylic acids is 2. The lowest BCUT2D eigenvalue weighted by Gasteiger charge is -2.11. The lowest BCUT2D eigenvalue weighted by Crippen LogP contribution is -2.14. The molecule has 120 valence electrons. The average molecular weight is 314 g/mol. The van der Waals surface area contributed by atoms with Crippen LogP contribution in [0.15, 0.2) is 48.6 Å². The summed E-state index contributed by atoms with van der Waals surface area (Å²) in [7, 11) is 0. The largest absolute Gasteiger partial charge is 0.456 e. The molecule has 0 N–H and O–H groups in total. The van der Waals surface area contributed by atoms with E-state index in [1.165, 1.54) is 0 Å². The molecule has 2 saturated heterocycles. The third-order valence-electron chi connectivity index (χ3n) is 3.93. The van der Waals surface area contributed by atoms with Gasteiger partial charge in [-0.25, -0.2) is 9.59 Å². The Morgan fingerprint density at radius 2 is 1.65 bits per heavy atom. The minimum atomic E-state index is -0.337.